The summed E-state index contributed by atoms with van der Waals surface area (Å²) in [5, 5.41) is 11.4. The van der Waals surface area contributed by atoms with Crippen LogP contribution in [0.2, 0.25) is 0 Å². The molecule has 0 heterocycles. The molecule has 0 amide bonds. The Balaban J connectivity index is 1.84. The zero-order chi connectivity index (χ0) is 20.7. The average molecular weight is 424 g/mol. The summed E-state index contributed by atoms with van der Waals surface area (Å²) in [5.41, 5.74) is 6.43. The summed E-state index contributed by atoms with van der Waals surface area (Å²) in [7, 11) is 0. The van der Waals surface area contributed by atoms with Crippen molar-refractivity contribution >= 4 is 39.9 Å². The number of fused-ring (bicyclic) bond motifs is 3. The molecule has 5 atom stereocenters. The highest BCUT2D eigenvalue weighted by Gasteiger charge is 2.52. The quantitative estimate of drug-likeness (QED) is 0.667. The summed E-state index contributed by atoms with van der Waals surface area (Å²) in [6, 6.07) is 0. The van der Waals surface area contributed by atoms with Crippen LogP contribution in [0.4, 0.5) is 0 Å². The van der Waals surface area contributed by atoms with Crippen LogP contribution < -0.4 is 5.73 Å². The monoisotopic (exact) mass is 423 g/mol. The van der Waals surface area contributed by atoms with E-state index in [1.807, 2.05) is 6.08 Å². The summed E-state index contributed by atoms with van der Waals surface area (Å²) in [5.74, 6) is 1.23. The first kappa shape index (κ1) is 22.0. The molecule has 0 aliphatic heterocycles. The fourth-order valence-corrected chi connectivity index (χ4v) is 6.90. The highest BCUT2D eigenvalue weighted by atomic mass is 32.2. The van der Waals surface area contributed by atoms with E-state index in [2.05, 4.69) is 20.8 Å². The zero-order valence-corrected chi connectivity index (χ0v) is 18.8. The van der Waals surface area contributed by atoms with Crippen molar-refractivity contribution in [3.63, 3.8) is 0 Å². The molecule has 0 radical (unpaired) electrons. The maximum Gasteiger partial charge on any atom is 0.155 e. The topological polar surface area (TPSA) is 80.4 Å². The predicted octanol–water partition coefficient (Wildman–Crippen LogP) is 4.04. The Morgan fingerprint density at radius 2 is 2.00 bits per heavy atom. The molecule has 5 unspecified atom stereocenters. The van der Waals surface area contributed by atoms with Crippen LogP contribution in [0.3, 0.4) is 0 Å². The van der Waals surface area contributed by atoms with Gasteiger partial charge < -0.3 is 10.8 Å². The lowest BCUT2D eigenvalue weighted by Gasteiger charge is -2.54. The lowest BCUT2D eigenvalue weighted by Crippen LogP contribution is -2.51. The summed E-state index contributed by atoms with van der Waals surface area (Å²) in [6.07, 6.45) is 7.17. The van der Waals surface area contributed by atoms with Crippen molar-refractivity contribution in [3.8, 4) is 0 Å². The molecule has 3 rings (SSSR count). The molecule has 28 heavy (non-hydrogen) atoms. The summed E-state index contributed by atoms with van der Waals surface area (Å²) >= 11 is 6.15. The smallest absolute Gasteiger partial charge is 0.155 e. The van der Waals surface area contributed by atoms with Gasteiger partial charge in [0.15, 0.2) is 5.78 Å². The molecule has 4 nitrogen and oxygen atoms in total. The Bertz CT molecular complexity index is 702. The normalized spacial score (nSPS) is 37.7. The number of carbonyl (C=O) groups is 2. The molecular weight excluding hydrogens is 390 g/mol. The molecule has 0 saturated heterocycles. The van der Waals surface area contributed by atoms with Gasteiger partial charge in [0.1, 0.15) is 10.1 Å². The van der Waals surface area contributed by atoms with E-state index < -0.39 is 6.10 Å². The molecule has 3 aliphatic carbocycles. The van der Waals surface area contributed by atoms with Crippen molar-refractivity contribution in [2.24, 2.45) is 34.3 Å². The molecule has 3 aliphatic rings. The number of hydrogen-bond acceptors (Lipinski definition) is 5. The molecule has 0 bridgehead atoms. The van der Waals surface area contributed by atoms with E-state index in [1.54, 1.807) is 0 Å². The number of aliphatic hydroxyl groups excluding tert-OH is 1. The SMILES string of the molecule is CC1(C)CC(O)C2C(CCC3=CC(=O)CCC32C)CCC1C(=O)CSC(N)=S. The minimum Gasteiger partial charge on any atom is -0.393 e. The first-order chi connectivity index (χ1) is 13.0. The number of aliphatic hydroxyl groups is 1. The minimum atomic E-state index is -0.458. The van der Waals surface area contributed by atoms with Crippen LogP contribution >= 0.6 is 24.0 Å². The van der Waals surface area contributed by atoms with Crippen LogP contribution in [0.1, 0.15) is 65.7 Å². The van der Waals surface area contributed by atoms with E-state index in [4.69, 9.17) is 18.0 Å². The van der Waals surface area contributed by atoms with E-state index in [9.17, 15) is 14.7 Å². The zero-order valence-electron chi connectivity index (χ0n) is 17.2. The van der Waals surface area contributed by atoms with Crippen molar-refractivity contribution < 1.29 is 14.7 Å². The third-order valence-electron chi connectivity index (χ3n) is 7.65. The second kappa shape index (κ2) is 8.19. The number of carbonyl (C=O) groups excluding carboxylic acids is 2. The summed E-state index contributed by atoms with van der Waals surface area (Å²) in [6.45, 7) is 6.47. The van der Waals surface area contributed by atoms with Crippen LogP contribution in [-0.2, 0) is 9.59 Å². The molecule has 6 heteroatoms. The van der Waals surface area contributed by atoms with Gasteiger partial charge in [-0.05, 0) is 67.3 Å². The van der Waals surface area contributed by atoms with Gasteiger partial charge >= 0.3 is 0 Å². The fourth-order valence-electron chi connectivity index (χ4n) is 6.24. The Hall–Kier alpha value is -0.720. The van der Waals surface area contributed by atoms with Gasteiger partial charge in [-0.25, -0.2) is 0 Å². The van der Waals surface area contributed by atoms with Crippen molar-refractivity contribution in [2.45, 2.75) is 71.8 Å². The minimum absolute atomic E-state index is 0.0809. The number of nitrogens with two attached hydrogens (primary N) is 1. The maximum absolute atomic E-state index is 12.9. The molecule has 0 aromatic carbocycles. The summed E-state index contributed by atoms with van der Waals surface area (Å²) in [4.78, 5) is 24.9. The molecular formula is C22H33NO3S2. The van der Waals surface area contributed by atoms with Crippen molar-refractivity contribution in [2.75, 3.05) is 5.75 Å². The Morgan fingerprint density at radius 1 is 1.29 bits per heavy atom. The molecule has 3 N–H and O–H groups in total. The second-order valence-electron chi connectivity index (χ2n) is 9.84. The molecule has 2 fully saturated rings. The van der Waals surface area contributed by atoms with Crippen molar-refractivity contribution in [1.29, 1.82) is 0 Å². The van der Waals surface area contributed by atoms with Gasteiger partial charge in [0.25, 0.3) is 0 Å². The number of thioether (sulfide) groups is 1. The lowest BCUT2D eigenvalue weighted by atomic mass is 9.51. The van der Waals surface area contributed by atoms with E-state index in [-0.39, 0.29) is 34.2 Å². The fraction of sp³-hybridized carbons (Fsp3) is 0.773. The first-order valence-corrected chi connectivity index (χ1v) is 11.8. The number of allylic oxidation sites excluding steroid dienone is 2. The number of Topliss-reactive ketones (excluding diaryl/α,β-unsaturated/α-hetero) is 1. The summed E-state index contributed by atoms with van der Waals surface area (Å²) < 4.78 is 0.309. The van der Waals surface area contributed by atoms with Gasteiger partial charge in [-0.2, -0.15) is 0 Å². The molecule has 0 spiro atoms. The average Bonchev–Trinajstić information content (AvgIpc) is 2.58. The first-order valence-electron chi connectivity index (χ1n) is 10.4. The van der Waals surface area contributed by atoms with Crippen LogP contribution in [-0.4, -0.2) is 32.9 Å². The number of rotatable bonds is 3. The van der Waals surface area contributed by atoms with Gasteiger partial charge in [-0.15, -0.1) is 0 Å². The van der Waals surface area contributed by atoms with Crippen LogP contribution in [0.15, 0.2) is 11.6 Å². The van der Waals surface area contributed by atoms with Gasteiger partial charge in [-0.1, -0.05) is 50.3 Å². The van der Waals surface area contributed by atoms with E-state index in [0.717, 1.165) is 32.1 Å². The molecule has 2 saturated carbocycles. The Kier molecular flexibility index (Phi) is 6.43. The predicted molar refractivity (Wildman–Crippen MR) is 118 cm³/mol. The number of ketones is 2. The second-order valence-corrected chi connectivity index (χ2v) is 11.6. The molecule has 0 aromatic heterocycles. The Labute approximate surface area is 178 Å². The van der Waals surface area contributed by atoms with Crippen LogP contribution in [0.25, 0.3) is 0 Å². The molecule has 156 valence electrons. The Morgan fingerprint density at radius 3 is 2.68 bits per heavy atom. The van der Waals surface area contributed by atoms with E-state index >= 15 is 0 Å². The third kappa shape index (κ3) is 4.24. The van der Waals surface area contributed by atoms with Crippen molar-refractivity contribution in [3.05, 3.63) is 11.6 Å². The van der Waals surface area contributed by atoms with Crippen LogP contribution in [0, 0.1) is 28.6 Å². The molecule has 0 aromatic rings. The van der Waals surface area contributed by atoms with Crippen LogP contribution in [0.5, 0.6) is 0 Å². The maximum atomic E-state index is 12.9. The number of thiocarbonyl (C=S) groups is 1. The third-order valence-corrected chi connectivity index (χ3v) is 8.72. The van der Waals surface area contributed by atoms with Gasteiger partial charge in [0.05, 0.1) is 11.9 Å². The standard InChI is InChI=1S/C22H33NO3S2/c1-21(2)11-17(25)19-13(5-7-16(21)18(26)12-28-20(23)27)4-6-14-10-15(24)8-9-22(14,19)3/h10,13,16-17,19,25H,4-9,11-12H2,1-3H3,(H2,23,27). The van der Waals surface area contributed by atoms with Gasteiger partial charge in [0, 0.05) is 12.3 Å². The van der Waals surface area contributed by atoms with Crippen molar-refractivity contribution in [1.82, 2.24) is 0 Å². The van der Waals surface area contributed by atoms with Gasteiger partial charge in [-0.3, -0.25) is 9.59 Å². The van der Waals surface area contributed by atoms with E-state index in [0.29, 0.717) is 28.8 Å². The largest absolute Gasteiger partial charge is 0.393 e. The highest BCUT2D eigenvalue weighted by Crippen LogP contribution is 2.57. The lowest BCUT2D eigenvalue weighted by molar-refractivity contribution is -0.129. The van der Waals surface area contributed by atoms with E-state index in [1.165, 1.54) is 17.3 Å². The number of hydrogen-bond donors (Lipinski definition) is 2. The highest BCUT2D eigenvalue weighted by molar-refractivity contribution is 8.23. The van der Waals surface area contributed by atoms with Gasteiger partial charge in [0.2, 0.25) is 0 Å².